The highest BCUT2D eigenvalue weighted by atomic mass is 15.3. The fraction of sp³-hybridized carbons (Fsp3) is 0.353. The average Bonchev–Trinajstić information content (AvgIpc) is 3.39. The van der Waals surface area contributed by atoms with Gasteiger partial charge in [-0.3, -0.25) is 0 Å². The maximum Gasteiger partial charge on any atom is 0.227 e. The van der Waals surface area contributed by atoms with Crippen molar-refractivity contribution < 1.29 is 0 Å². The number of aromatic nitrogens is 2. The average molecular weight is 276 g/mol. The number of fused-ring (bicyclic) bond motifs is 1. The first kappa shape index (κ1) is 12.3. The first-order valence-corrected chi connectivity index (χ1v) is 7.44. The van der Waals surface area contributed by atoms with Gasteiger partial charge in [0.25, 0.3) is 0 Å². The maximum absolute atomic E-state index is 9.19. The number of anilines is 1. The van der Waals surface area contributed by atoms with Crippen LogP contribution in [0.3, 0.4) is 0 Å². The van der Waals surface area contributed by atoms with E-state index >= 15 is 0 Å². The van der Waals surface area contributed by atoms with Crippen LogP contribution in [0.15, 0.2) is 30.3 Å². The lowest BCUT2D eigenvalue weighted by Gasteiger charge is -2.29. The number of rotatable bonds is 2. The van der Waals surface area contributed by atoms with Crippen molar-refractivity contribution in [2.45, 2.75) is 31.7 Å². The summed E-state index contributed by atoms with van der Waals surface area (Å²) in [6, 6.07) is 12.5. The summed E-state index contributed by atoms with van der Waals surface area (Å²) >= 11 is 0. The molecular formula is C17H16N4. The molecule has 2 heterocycles. The molecule has 4 heteroatoms. The minimum atomic E-state index is 0.487. The molecule has 1 aliphatic heterocycles. The highest BCUT2D eigenvalue weighted by Gasteiger charge is 2.27. The molecule has 1 saturated carbocycles. The number of nitrogens with zero attached hydrogens (tertiary/aromatic N) is 4. The lowest BCUT2D eigenvalue weighted by atomic mass is 10.0. The fourth-order valence-electron chi connectivity index (χ4n) is 2.91. The summed E-state index contributed by atoms with van der Waals surface area (Å²) in [7, 11) is 0. The Morgan fingerprint density at radius 1 is 1.14 bits per heavy atom. The molecule has 1 aromatic carbocycles. The van der Waals surface area contributed by atoms with E-state index in [1.165, 1.54) is 24.0 Å². The zero-order chi connectivity index (χ0) is 14.2. The van der Waals surface area contributed by atoms with Gasteiger partial charge in [0.2, 0.25) is 5.95 Å². The van der Waals surface area contributed by atoms with E-state index in [9.17, 15) is 5.26 Å². The molecule has 2 aromatic rings. The van der Waals surface area contributed by atoms with Gasteiger partial charge in [0.15, 0.2) is 0 Å². The van der Waals surface area contributed by atoms with Gasteiger partial charge in [0.1, 0.15) is 11.8 Å². The third kappa shape index (κ3) is 2.36. The van der Waals surface area contributed by atoms with Gasteiger partial charge in [-0.2, -0.15) is 5.26 Å². The smallest absolute Gasteiger partial charge is 0.227 e. The molecule has 4 rings (SSSR count). The molecule has 0 unspecified atom stereocenters. The largest absolute Gasteiger partial charge is 0.336 e. The summed E-state index contributed by atoms with van der Waals surface area (Å²) in [5, 5.41) is 9.19. The molecule has 4 nitrogen and oxygen atoms in total. The highest BCUT2D eigenvalue weighted by Crippen LogP contribution is 2.39. The normalized spacial score (nSPS) is 17.2. The maximum atomic E-state index is 9.19. The predicted octanol–water partition coefficient (Wildman–Crippen LogP) is 2.79. The summed E-state index contributed by atoms with van der Waals surface area (Å²) in [4.78, 5) is 11.3. The Labute approximate surface area is 124 Å². The standard InChI is InChI=1S/C17H16N4/c18-10-15-9-16(13-5-6-13)20-17(19-15)21-8-7-12-3-1-2-4-14(12)11-21/h1-4,9,13H,5-8,11H2. The van der Waals surface area contributed by atoms with Crippen LogP contribution in [0.4, 0.5) is 5.95 Å². The van der Waals surface area contributed by atoms with Gasteiger partial charge >= 0.3 is 0 Å². The van der Waals surface area contributed by atoms with Crippen molar-refractivity contribution >= 4 is 5.95 Å². The SMILES string of the molecule is N#Cc1cc(C2CC2)nc(N2CCc3ccccc3C2)n1. The molecule has 1 fully saturated rings. The second-order valence-corrected chi connectivity index (χ2v) is 5.80. The first-order chi connectivity index (χ1) is 10.3. The van der Waals surface area contributed by atoms with Crippen LogP contribution in [0, 0.1) is 11.3 Å². The second kappa shape index (κ2) is 4.85. The lowest BCUT2D eigenvalue weighted by Crippen LogP contribution is -2.32. The van der Waals surface area contributed by atoms with E-state index in [0.717, 1.165) is 25.2 Å². The van der Waals surface area contributed by atoms with Crippen LogP contribution in [0.1, 0.15) is 41.3 Å². The zero-order valence-electron chi connectivity index (χ0n) is 11.8. The van der Waals surface area contributed by atoms with E-state index < -0.39 is 0 Å². The topological polar surface area (TPSA) is 52.8 Å². The minimum Gasteiger partial charge on any atom is -0.336 e. The van der Waals surface area contributed by atoms with E-state index in [1.54, 1.807) is 0 Å². The fourth-order valence-corrected chi connectivity index (χ4v) is 2.91. The number of nitriles is 1. The van der Waals surface area contributed by atoms with Gasteiger partial charge in [-0.05, 0) is 36.5 Å². The van der Waals surface area contributed by atoms with E-state index in [1.807, 2.05) is 6.07 Å². The van der Waals surface area contributed by atoms with Crippen LogP contribution >= 0.6 is 0 Å². The van der Waals surface area contributed by atoms with Crippen LogP contribution in [0.25, 0.3) is 0 Å². The van der Waals surface area contributed by atoms with Crippen molar-refractivity contribution in [1.29, 1.82) is 5.26 Å². The van der Waals surface area contributed by atoms with E-state index in [0.29, 0.717) is 17.6 Å². The number of hydrogen-bond acceptors (Lipinski definition) is 4. The summed E-state index contributed by atoms with van der Waals surface area (Å²) in [5.74, 6) is 1.25. The second-order valence-electron chi connectivity index (χ2n) is 5.80. The Morgan fingerprint density at radius 2 is 1.95 bits per heavy atom. The van der Waals surface area contributed by atoms with Gasteiger partial charge < -0.3 is 4.90 Å². The molecule has 0 spiro atoms. The molecule has 0 saturated heterocycles. The van der Waals surface area contributed by atoms with Gasteiger partial charge in [0, 0.05) is 19.0 Å². The zero-order valence-corrected chi connectivity index (χ0v) is 11.8. The van der Waals surface area contributed by atoms with Crippen LogP contribution in [-0.4, -0.2) is 16.5 Å². The molecule has 0 bridgehead atoms. The van der Waals surface area contributed by atoms with Crippen LogP contribution in [0.2, 0.25) is 0 Å². The van der Waals surface area contributed by atoms with Gasteiger partial charge in [0.05, 0.1) is 5.69 Å². The quantitative estimate of drug-likeness (QED) is 0.846. The molecule has 0 atom stereocenters. The molecule has 104 valence electrons. The Balaban J connectivity index is 1.68. The third-order valence-corrected chi connectivity index (χ3v) is 4.26. The van der Waals surface area contributed by atoms with E-state index in [2.05, 4.69) is 40.2 Å². The summed E-state index contributed by atoms with van der Waals surface area (Å²) in [5.41, 5.74) is 4.27. The Bertz CT molecular complexity index is 728. The van der Waals surface area contributed by atoms with Crippen LogP contribution < -0.4 is 4.90 Å². The third-order valence-electron chi connectivity index (χ3n) is 4.26. The lowest BCUT2D eigenvalue weighted by molar-refractivity contribution is 0.702. The molecular weight excluding hydrogens is 260 g/mol. The van der Waals surface area contributed by atoms with Crippen molar-refractivity contribution in [3.8, 4) is 6.07 Å². The molecule has 0 N–H and O–H groups in total. The van der Waals surface area contributed by atoms with Crippen molar-refractivity contribution in [3.63, 3.8) is 0 Å². The van der Waals surface area contributed by atoms with Crippen molar-refractivity contribution in [3.05, 3.63) is 52.8 Å². The summed E-state index contributed by atoms with van der Waals surface area (Å²) in [6.45, 7) is 1.74. The molecule has 2 aliphatic rings. The minimum absolute atomic E-state index is 0.487. The van der Waals surface area contributed by atoms with Crippen molar-refractivity contribution in [1.82, 2.24) is 9.97 Å². The molecule has 1 aromatic heterocycles. The Morgan fingerprint density at radius 3 is 2.71 bits per heavy atom. The van der Waals surface area contributed by atoms with Gasteiger partial charge in [-0.15, -0.1) is 0 Å². The van der Waals surface area contributed by atoms with Gasteiger partial charge in [-0.25, -0.2) is 9.97 Å². The van der Waals surface area contributed by atoms with Crippen molar-refractivity contribution in [2.75, 3.05) is 11.4 Å². The Hall–Kier alpha value is -2.41. The number of hydrogen-bond donors (Lipinski definition) is 0. The first-order valence-electron chi connectivity index (χ1n) is 7.44. The van der Waals surface area contributed by atoms with Crippen molar-refractivity contribution in [2.24, 2.45) is 0 Å². The molecule has 1 aliphatic carbocycles. The number of benzene rings is 1. The van der Waals surface area contributed by atoms with Gasteiger partial charge in [-0.1, -0.05) is 24.3 Å². The molecule has 0 amide bonds. The monoisotopic (exact) mass is 276 g/mol. The summed E-state index contributed by atoms with van der Waals surface area (Å²) in [6.07, 6.45) is 3.38. The predicted molar refractivity (Wildman–Crippen MR) is 79.9 cm³/mol. The Kier molecular flexibility index (Phi) is 2.85. The molecule has 0 radical (unpaired) electrons. The van der Waals surface area contributed by atoms with E-state index in [-0.39, 0.29) is 0 Å². The van der Waals surface area contributed by atoms with Crippen LogP contribution in [-0.2, 0) is 13.0 Å². The molecule has 21 heavy (non-hydrogen) atoms. The highest BCUT2D eigenvalue weighted by molar-refractivity contribution is 5.42. The van der Waals surface area contributed by atoms with Crippen LogP contribution in [0.5, 0.6) is 0 Å². The summed E-state index contributed by atoms with van der Waals surface area (Å²) < 4.78 is 0. The van der Waals surface area contributed by atoms with E-state index in [4.69, 9.17) is 4.98 Å².